The first-order chi connectivity index (χ1) is 14.0. The quantitative estimate of drug-likeness (QED) is 0.433. The van der Waals surface area contributed by atoms with Crippen molar-refractivity contribution in [2.45, 2.75) is 19.5 Å². The summed E-state index contributed by atoms with van der Waals surface area (Å²) in [5.74, 6) is 0.591. The molecule has 5 heterocycles. The molecule has 1 unspecified atom stereocenters. The molecule has 0 N–H and O–H groups in total. The monoisotopic (exact) mass is 455 g/mol. The van der Waals surface area contributed by atoms with Crippen molar-refractivity contribution in [3.63, 3.8) is 0 Å². The second-order valence-electron chi connectivity index (χ2n) is 6.82. The Morgan fingerprint density at radius 3 is 2.86 bits per heavy atom. The lowest BCUT2D eigenvalue weighted by Gasteiger charge is -2.33. The van der Waals surface area contributed by atoms with Crippen molar-refractivity contribution in [2.24, 2.45) is 0 Å². The molecule has 29 heavy (non-hydrogen) atoms. The van der Waals surface area contributed by atoms with Crippen molar-refractivity contribution >= 4 is 27.4 Å². The number of rotatable bonds is 2. The second-order valence-corrected chi connectivity index (χ2v) is 7.74. The van der Waals surface area contributed by atoms with Crippen LogP contribution in [0.1, 0.15) is 29.3 Å². The lowest BCUT2D eigenvalue weighted by Crippen LogP contribution is -2.41. The second kappa shape index (κ2) is 6.73. The maximum absolute atomic E-state index is 13.1. The van der Waals surface area contributed by atoms with E-state index in [9.17, 15) is 9.18 Å². The maximum Gasteiger partial charge on any atom is 0.275 e. The Labute approximate surface area is 173 Å². The molecule has 4 aromatic heterocycles. The molecule has 8 nitrogen and oxygen atoms in total. The van der Waals surface area contributed by atoms with Crippen molar-refractivity contribution in [3.8, 4) is 11.4 Å². The van der Waals surface area contributed by atoms with Crippen LogP contribution in [0.3, 0.4) is 0 Å². The Bertz CT molecular complexity index is 1230. The van der Waals surface area contributed by atoms with E-state index in [1.165, 1.54) is 12.3 Å². The lowest BCUT2D eigenvalue weighted by atomic mass is 10.1. The average Bonchev–Trinajstić information content (AvgIpc) is 3.33. The van der Waals surface area contributed by atoms with Gasteiger partial charge in [0.1, 0.15) is 0 Å². The van der Waals surface area contributed by atoms with Crippen LogP contribution in [0.15, 0.2) is 47.2 Å². The summed E-state index contributed by atoms with van der Waals surface area (Å²) in [5, 5.41) is 12.9. The van der Waals surface area contributed by atoms with Gasteiger partial charge < -0.3 is 9.47 Å². The van der Waals surface area contributed by atoms with Gasteiger partial charge >= 0.3 is 0 Å². The minimum Gasteiger partial charge on any atom is -0.325 e. The van der Waals surface area contributed by atoms with Crippen LogP contribution in [0.2, 0.25) is 0 Å². The van der Waals surface area contributed by atoms with E-state index in [2.05, 4.69) is 36.2 Å². The normalized spacial score (nSPS) is 16.2. The van der Waals surface area contributed by atoms with Crippen LogP contribution in [-0.2, 0) is 6.54 Å². The van der Waals surface area contributed by atoms with Gasteiger partial charge in [0.2, 0.25) is 5.95 Å². The van der Waals surface area contributed by atoms with Crippen molar-refractivity contribution < 1.29 is 9.18 Å². The van der Waals surface area contributed by atoms with E-state index in [0.717, 1.165) is 9.99 Å². The first-order valence-corrected chi connectivity index (χ1v) is 9.81. The first kappa shape index (κ1) is 17.9. The Balaban J connectivity index is 1.45. The van der Waals surface area contributed by atoms with E-state index in [0.29, 0.717) is 36.0 Å². The van der Waals surface area contributed by atoms with Gasteiger partial charge in [-0.25, -0.2) is 9.50 Å². The maximum atomic E-state index is 13.1. The van der Waals surface area contributed by atoms with Gasteiger partial charge in [-0.2, -0.15) is 9.49 Å². The zero-order valence-electron chi connectivity index (χ0n) is 15.3. The van der Waals surface area contributed by atoms with Crippen LogP contribution >= 0.6 is 15.9 Å². The number of amides is 1. The number of aromatic nitrogens is 6. The molecular formula is C19H15BrFN7O. The molecule has 0 aromatic carbocycles. The predicted molar refractivity (Wildman–Crippen MR) is 106 cm³/mol. The largest absolute Gasteiger partial charge is 0.325 e. The molecule has 4 aromatic rings. The molecule has 146 valence electrons. The number of hydrogen-bond donors (Lipinski definition) is 0. The molecule has 0 saturated carbocycles. The molecule has 1 aliphatic rings. The molecule has 0 saturated heterocycles. The SMILES string of the molecule is CC1c2nnc(-c3ccc(F)nc3)n2CCN1C(=O)c1cc2ccc(Br)cn2n1. The molecule has 0 bridgehead atoms. The minimum atomic E-state index is -0.545. The Morgan fingerprint density at radius 2 is 2.07 bits per heavy atom. The van der Waals surface area contributed by atoms with Crippen LogP contribution in [0.25, 0.3) is 16.9 Å². The molecule has 1 aliphatic heterocycles. The number of hydrogen-bond acceptors (Lipinski definition) is 5. The van der Waals surface area contributed by atoms with Gasteiger partial charge in [0.15, 0.2) is 17.3 Å². The highest BCUT2D eigenvalue weighted by molar-refractivity contribution is 9.10. The molecule has 0 radical (unpaired) electrons. The highest BCUT2D eigenvalue weighted by Crippen LogP contribution is 2.29. The standard InChI is InChI=1S/C19H15BrFN7O/c1-11-17-23-24-18(12-2-5-16(21)22-9-12)27(17)7-6-26(11)19(29)15-8-14-4-3-13(20)10-28(14)25-15/h2-5,8-11H,6-7H2,1H3. The van der Waals surface area contributed by atoms with E-state index in [1.54, 1.807) is 21.5 Å². The number of carbonyl (C=O) groups excluding carboxylic acids is 1. The van der Waals surface area contributed by atoms with E-state index in [4.69, 9.17) is 0 Å². The van der Waals surface area contributed by atoms with Gasteiger partial charge in [0.05, 0.1) is 11.6 Å². The molecule has 5 rings (SSSR count). The first-order valence-electron chi connectivity index (χ1n) is 9.02. The van der Waals surface area contributed by atoms with Gasteiger partial charge in [-0.1, -0.05) is 0 Å². The topological polar surface area (TPSA) is 81.2 Å². The summed E-state index contributed by atoms with van der Waals surface area (Å²) in [6.07, 6.45) is 3.25. The van der Waals surface area contributed by atoms with Gasteiger partial charge in [-0.3, -0.25) is 4.79 Å². The van der Waals surface area contributed by atoms with E-state index >= 15 is 0 Å². The summed E-state index contributed by atoms with van der Waals surface area (Å²) in [7, 11) is 0. The molecular weight excluding hydrogens is 441 g/mol. The van der Waals surface area contributed by atoms with Crippen LogP contribution in [0.5, 0.6) is 0 Å². The van der Waals surface area contributed by atoms with Crippen LogP contribution < -0.4 is 0 Å². The summed E-state index contributed by atoms with van der Waals surface area (Å²) in [4.78, 5) is 18.5. The Hall–Kier alpha value is -3.14. The third-order valence-electron chi connectivity index (χ3n) is 5.07. The van der Waals surface area contributed by atoms with Gasteiger partial charge in [-0.05, 0) is 53.2 Å². The molecule has 1 atom stereocenters. The van der Waals surface area contributed by atoms with Crippen LogP contribution in [0.4, 0.5) is 4.39 Å². The molecule has 10 heteroatoms. The highest BCUT2D eigenvalue weighted by Gasteiger charge is 2.33. The molecule has 0 aliphatic carbocycles. The summed E-state index contributed by atoms with van der Waals surface area (Å²) in [6, 6.07) is 8.21. The average molecular weight is 456 g/mol. The fourth-order valence-electron chi connectivity index (χ4n) is 3.60. The van der Waals surface area contributed by atoms with Gasteiger partial charge in [0.25, 0.3) is 5.91 Å². The fourth-order valence-corrected chi connectivity index (χ4v) is 3.92. The molecule has 1 amide bonds. The Kier molecular flexibility index (Phi) is 4.16. The highest BCUT2D eigenvalue weighted by atomic mass is 79.9. The van der Waals surface area contributed by atoms with Crippen molar-refractivity contribution in [3.05, 3.63) is 64.7 Å². The summed E-state index contributed by atoms with van der Waals surface area (Å²) in [6.45, 7) is 2.94. The summed E-state index contributed by atoms with van der Waals surface area (Å²) >= 11 is 3.41. The van der Waals surface area contributed by atoms with E-state index in [1.807, 2.05) is 29.8 Å². The predicted octanol–water partition coefficient (Wildman–Crippen LogP) is 3.11. The van der Waals surface area contributed by atoms with Gasteiger partial charge in [0, 0.05) is 35.5 Å². The smallest absolute Gasteiger partial charge is 0.275 e. The van der Waals surface area contributed by atoms with E-state index in [-0.39, 0.29) is 11.9 Å². The summed E-state index contributed by atoms with van der Waals surface area (Å²) < 4.78 is 17.6. The lowest BCUT2D eigenvalue weighted by molar-refractivity contribution is 0.0632. The molecule has 0 spiro atoms. The molecule has 0 fully saturated rings. The number of nitrogens with zero attached hydrogens (tertiary/aromatic N) is 7. The van der Waals surface area contributed by atoms with Crippen LogP contribution in [0, 0.1) is 5.95 Å². The van der Waals surface area contributed by atoms with Crippen molar-refractivity contribution in [2.75, 3.05) is 6.54 Å². The Morgan fingerprint density at radius 1 is 1.21 bits per heavy atom. The third-order valence-corrected chi connectivity index (χ3v) is 5.54. The fraction of sp³-hybridized carbons (Fsp3) is 0.211. The minimum absolute atomic E-state index is 0.156. The van der Waals surface area contributed by atoms with Crippen LogP contribution in [-0.4, -0.2) is 46.7 Å². The zero-order chi connectivity index (χ0) is 20.1. The number of pyridine rings is 2. The summed E-state index contributed by atoms with van der Waals surface area (Å²) in [5.41, 5.74) is 1.91. The number of fused-ring (bicyclic) bond motifs is 2. The number of halogens is 2. The van der Waals surface area contributed by atoms with Gasteiger partial charge in [-0.15, -0.1) is 10.2 Å². The number of carbonyl (C=O) groups is 1. The third kappa shape index (κ3) is 3.00. The van der Waals surface area contributed by atoms with Crippen molar-refractivity contribution in [1.82, 2.24) is 34.3 Å². The zero-order valence-corrected chi connectivity index (χ0v) is 16.9. The van der Waals surface area contributed by atoms with Crippen molar-refractivity contribution in [1.29, 1.82) is 0 Å². The van der Waals surface area contributed by atoms with E-state index < -0.39 is 5.95 Å².